The van der Waals surface area contributed by atoms with Gasteiger partial charge in [0.05, 0.1) is 0 Å². The van der Waals surface area contributed by atoms with E-state index in [0.717, 1.165) is 36.9 Å². The van der Waals surface area contributed by atoms with Gasteiger partial charge in [0.15, 0.2) is 0 Å². The molecule has 5 aliphatic carbocycles. The highest BCUT2D eigenvalue weighted by Gasteiger charge is 2.62. The third-order valence-corrected chi connectivity index (χ3v) is 9.81. The molecule has 0 heterocycles. The van der Waals surface area contributed by atoms with Crippen LogP contribution in [0.2, 0.25) is 0 Å². The number of esters is 2. The molecule has 4 fully saturated rings. The Bertz CT molecular complexity index is 797. The molecule has 0 N–H and O–H groups in total. The highest BCUT2D eigenvalue weighted by molar-refractivity contribution is 5.67. The average Bonchev–Trinajstić information content (AvgIpc) is 3.08. The fourth-order valence-electron chi connectivity index (χ4n) is 8.73. The van der Waals surface area contributed by atoms with Gasteiger partial charge in [0.1, 0.15) is 11.9 Å². The first kappa shape index (κ1) is 20.3. The second-order valence-electron chi connectivity index (χ2n) is 11.0. The molecule has 0 amide bonds. The van der Waals surface area contributed by atoms with E-state index in [9.17, 15) is 9.59 Å². The maximum absolute atomic E-state index is 11.7. The molecule has 0 bridgehead atoms. The third-order valence-electron chi connectivity index (χ3n) is 9.81. The van der Waals surface area contributed by atoms with E-state index in [-0.39, 0.29) is 23.5 Å². The Morgan fingerprint density at radius 2 is 1.80 bits per heavy atom. The van der Waals surface area contributed by atoms with Crippen molar-refractivity contribution in [1.82, 2.24) is 0 Å². The van der Waals surface area contributed by atoms with Gasteiger partial charge in [0, 0.05) is 25.2 Å². The zero-order valence-electron chi connectivity index (χ0n) is 18.7. The highest BCUT2D eigenvalue weighted by atomic mass is 16.5. The van der Waals surface area contributed by atoms with Crippen molar-refractivity contribution < 1.29 is 19.1 Å². The predicted molar refractivity (Wildman–Crippen MR) is 114 cm³/mol. The van der Waals surface area contributed by atoms with E-state index < -0.39 is 0 Å². The third kappa shape index (κ3) is 3.00. The molecule has 8 atom stereocenters. The number of allylic oxidation sites excluding steroid dienone is 4. The summed E-state index contributed by atoms with van der Waals surface area (Å²) in [5.74, 6) is 3.91. The molecule has 0 aromatic rings. The molecule has 0 aromatic heterocycles. The number of carbonyl (C=O) groups is 2. The van der Waals surface area contributed by atoms with Gasteiger partial charge in [-0.15, -0.1) is 0 Å². The lowest BCUT2D eigenvalue weighted by atomic mass is 9.44. The molecule has 4 saturated carbocycles. The monoisotopic (exact) mass is 412 g/mol. The maximum atomic E-state index is 11.7. The van der Waals surface area contributed by atoms with Gasteiger partial charge in [-0.3, -0.25) is 9.59 Å². The summed E-state index contributed by atoms with van der Waals surface area (Å²) < 4.78 is 11.3. The van der Waals surface area contributed by atoms with Gasteiger partial charge in [0.25, 0.3) is 0 Å². The summed E-state index contributed by atoms with van der Waals surface area (Å²) in [6, 6.07) is 0. The molecule has 0 aromatic carbocycles. The minimum atomic E-state index is -0.193. The number of fused-ring (bicyclic) bond motifs is 4. The number of hydrogen-bond acceptors (Lipinski definition) is 4. The van der Waals surface area contributed by atoms with E-state index in [1.54, 1.807) is 0 Å². The lowest BCUT2D eigenvalue weighted by Crippen LogP contribution is -2.54. The first-order chi connectivity index (χ1) is 14.3. The smallest absolute Gasteiger partial charge is 0.307 e. The van der Waals surface area contributed by atoms with Gasteiger partial charge < -0.3 is 9.47 Å². The van der Waals surface area contributed by atoms with E-state index in [0.29, 0.717) is 23.2 Å². The van der Waals surface area contributed by atoms with E-state index in [1.165, 1.54) is 52.4 Å². The van der Waals surface area contributed by atoms with Crippen molar-refractivity contribution in [1.29, 1.82) is 0 Å². The fourth-order valence-corrected chi connectivity index (χ4v) is 8.73. The van der Waals surface area contributed by atoms with Gasteiger partial charge in [-0.2, -0.15) is 0 Å². The summed E-state index contributed by atoms with van der Waals surface area (Å²) >= 11 is 0. The molecule has 0 radical (unpaired) electrons. The van der Waals surface area contributed by atoms with Crippen molar-refractivity contribution >= 4 is 11.9 Å². The van der Waals surface area contributed by atoms with Crippen LogP contribution in [-0.4, -0.2) is 18.0 Å². The van der Waals surface area contributed by atoms with Crippen LogP contribution in [0.4, 0.5) is 0 Å². The van der Waals surface area contributed by atoms with Crippen molar-refractivity contribution in [3.63, 3.8) is 0 Å². The molecule has 4 heteroatoms. The standard InChI is InChI=1S/C26H36O4/c1-16(27)29-19-10-13-25(3)18(15-19)6-7-20-21(25)11-14-26-12-4-5-24(30-17(2)28)23(26)9-8-22(20)26/h4-5,12,18-23H,6-11,13-15H2,1-3H3/t18-,19-,20?,21?,22?,23-,25+,26+/m1/s1. The van der Waals surface area contributed by atoms with Crippen LogP contribution >= 0.6 is 0 Å². The maximum Gasteiger partial charge on any atom is 0.307 e. The van der Waals surface area contributed by atoms with E-state index in [4.69, 9.17) is 9.47 Å². The van der Waals surface area contributed by atoms with E-state index in [2.05, 4.69) is 19.1 Å². The van der Waals surface area contributed by atoms with Crippen molar-refractivity contribution in [3.05, 3.63) is 24.0 Å². The van der Waals surface area contributed by atoms with Crippen LogP contribution in [-0.2, 0) is 19.1 Å². The van der Waals surface area contributed by atoms with Crippen molar-refractivity contribution in [3.8, 4) is 0 Å². The molecule has 5 rings (SSSR count). The van der Waals surface area contributed by atoms with Crippen LogP contribution in [0.3, 0.4) is 0 Å². The Balaban J connectivity index is 1.37. The predicted octanol–water partition coefficient (Wildman–Crippen LogP) is 5.57. The zero-order chi connectivity index (χ0) is 21.1. The lowest BCUT2D eigenvalue weighted by molar-refractivity contribution is -0.159. The minimum Gasteiger partial charge on any atom is -0.463 e. The van der Waals surface area contributed by atoms with Crippen LogP contribution in [0.15, 0.2) is 24.0 Å². The Morgan fingerprint density at radius 3 is 2.57 bits per heavy atom. The Kier molecular flexibility index (Phi) is 4.91. The Hall–Kier alpha value is -1.58. The molecule has 1 spiro atoms. The summed E-state index contributed by atoms with van der Waals surface area (Å²) in [7, 11) is 0. The van der Waals surface area contributed by atoms with Crippen LogP contribution in [0, 0.1) is 40.4 Å². The number of rotatable bonds is 2. The van der Waals surface area contributed by atoms with Crippen molar-refractivity contribution in [2.24, 2.45) is 40.4 Å². The topological polar surface area (TPSA) is 52.6 Å². The molecule has 164 valence electrons. The SMILES string of the molecule is CC(=O)OC1=CC=C[C@]23CCC4C(CC[C@@H]5C[C@H](OC(C)=O)CC[C@]45C)C2CC[C@H]13. The normalized spacial score (nSPS) is 46.6. The molecule has 3 unspecified atom stereocenters. The molecule has 5 aliphatic rings. The lowest BCUT2D eigenvalue weighted by Gasteiger charge is -2.61. The number of ether oxygens (including phenoxy) is 2. The molecular weight excluding hydrogens is 376 g/mol. The fraction of sp³-hybridized carbons (Fsp3) is 0.769. The summed E-state index contributed by atoms with van der Waals surface area (Å²) in [6.45, 7) is 5.60. The van der Waals surface area contributed by atoms with E-state index >= 15 is 0 Å². The number of hydrogen-bond donors (Lipinski definition) is 0. The van der Waals surface area contributed by atoms with Gasteiger partial charge in [0.2, 0.25) is 0 Å². The second kappa shape index (κ2) is 7.24. The summed E-state index contributed by atoms with van der Waals surface area (Å²) in [4.78, 5) is 23.1. The van der Waals surface area contributed by atoms with Gasteiger partial charge in [-0.25, -0.2) is 0 Å². The molecular formula is C26H36O4. The molecule has 0 saturated heterocycles. The van der Waals surface area contributed by atoms with Crippen LogP contribution < -0.4 is 0 Å². The summed E-state index contributed by atoms with van der Waals surface area (Å²) in [5, 5.41) is 0. The van der Waals surface area contributed by atoms with Crippen LogP contribution in [0.5, 0.6) is 0 Å². The van der Waals surface area contributed by atoms with Gasteiger partial charge in [-0.1, -0.05) is 19.1 Å². The van der Waals surface area contributed by atoms with Gasteiger partial charge >= 0.3 is 11.9 Å². The van der Waals surface area contributed by atoms with Crippen molar-refractivity contribution in [2.75, 3.05) is 0 Å². The molecule has 0 aliphatic heterocycles. The quantitative estimate of drug-likeness (QED) is 0.556. The first-order valence-corrected chi connectivity index (χ1v) is 12.1. The molecule has 4 nitrogen and oxygen atoms in total. The van der Waals surface area contributed by atoms with Crippen LogP contribution in [0.25, 0.3) is 0 Å². The summed E-state index contributed by atoms with van der Waals surface area (Å²) in [5.41, 5.74) is 0.574. The number of carbonyl (C=O) groups excluding carboxylic acids is 2. The van der Waals surface area contributed by atoms with E-state index in [1.807, 2.05) is 6.08 Å². The Morgan fingerprint density at radius 1 is 0.967 bits per heavy atom. The second-order valence-corrected chi connectivity index (χ2v) is 11.0. The summed E-state index contributed by atoms with van der Waals surface area (Å²) in [6.07, 6.45) is 17.5. The largest absolute Gasteiger partial charge is 0.463 e. The Labute approximate surface area is 180 Å². The zero-order valence-corrected chi connectivity index (χ0v) is 18.7. The average molecular weight is 413 g/mol. The van der Waals surface area contributed by atoms with Crippen LogP contribution in [0.1, 0.15) is 78.6 Å². The first-order valence-electron chi connectivity index (χ1n) is 12.1. The minimum absolute atomic E-state index is 0.126. The van der Waals surface area contributed by atoms with Crippen molar-refractivity contribution in [2.45, 2.75) is 84.7 Å². The van der Waals surface area contributed by atoms with Gasteiger partial charge in [-0.05, 0) is 93.0 Å². The molecule has 30 heavy (non-hydrogen) atoms. The highest BCUT2D eigenvalue weighted by Crippen LogP contribution is 2.69.